The van der Waals surface area contributed by atoms with Gasteiger partial charge in [0.25, 0.3) is 0 Å². The Bertz CT molecular complexity index is 101. The maximum Gasteiger partial charge on any atom is 0.110 e. The Kier molecular flexibility index (Phi) is 1.78. The van der Waals surface area contributed by atoms with Crippen LogP contribution in [0.25, 0.3) is 0 Å². The van der Waals surface area contributed by atoms with E-state index in [0.29, 0.717) is 5.92 Å². The summed E-state index contributed by atoms with van der Waals surface area (Å²) in [6.07, 6.45) is 0.132. The van der Waals surface area contributed by atoms with E-state index in [2.05, 4.69) is 0 Å². The van der Waals surface area contributed by atoms with Crippen molar-refractivity contribution in [2.75, 3.05) is 0 Å². The van der Waals surface area contributed by atoms with Crippen molar-refractivity contribution in [3.05, 3.63) is 0 Å². The second-order valence-electron chi connectivity index (χ2n) is 3.04. The lowest BCUT2D eigenvalue weighted by molar-refractivity contribution is 0.0922. The van der Waals surface area contributed by atoms with Crippen molar-refractivity contribution >= 4 is 0 Å². The van der Waals surface area contributed by atoms with Gasteiger partial charge >= 0.3 is 0 Å². The van der Waals surface area contributed by atoms with Gasteiger partial charge in [-0.1, -0.05) is 13.8 Å². The van der Waals surface area contributed by atoms with E-state index in [0.717, 1.165) is 0 Å². The normalized spacial score (nSPS) is 37.0. The van der Waals surface area contributed by atoms with Crippen molar-refractivity contribution in [3.63, 3.8) is 0 Å². The molecule has 1 rings (SSSR count). The number of rotatable bonds is 2. The predicted molar refractivity (Wildman–Crippen MR) is 35.2 cm³/mol. The van der Waals surface area contributed by atoms with E-state index in [-0.39, 0.29) is 18.3 Å². The molecule has 0 aromatic rings. The molecule has 1 N–H and O–H groups in total. The third-order valence-electron chi connectivity index (χ3n) is 1.78. The van der Waals surface area contributed by atoms with Gasteiger partial charge < -0.3 is 9.84 Å². The largest absolute Gasteiger partial charge is 0.390 e. The Balaban J connectivity index is 2.27. The van der Waals surface area contributed by atoms with Gasteiger partial charge in [0.05, 0.1) is 12.2 Å². The molecule has 1 heterocycles. The smallest absolute Gasteiger partial charge is 0.110 e. The van der Waals surface area contributed by atoms with Gasteiger partial charge in [-0.05, 0) is 12.8 Å². The van der Waals surface area contributed by atoms with Crippen LogP contribution in [0, 0.1) is 5.92 Å². The maximum atomic E-state index is 9.31. The van der Waals surface area contributed by atoms with E-state index in [1.807, 2.05) is 20.8 Å². The fourth-order valence-electron chi connectivity index (χ4n) is 0.940. The maximum absolute atomic E-state index is 9.31. The van der Waals surface area contributed by atoms with Crippen molar-refractivity contribution < 1.29 is 9.84 Å². The molecule has 1 fully saturated rings. The summed E-state index contributed by atoms with van der Waals surface area (Å²) in [5.41, 5.74) is 0. The summed E-state index contributed by atoms with van der Waals surface area (Å²) in [4.78, 5) is 0. The molecule has 0 saturated carbocycles. The van der Waals surface area contributed by atoms with Crippen LogP contribution in [0.2, 0.25) is 0 Å². The van der Waals surface area contributed by atoms with Crippen molar-refractivity contribution in [1.29, 1.82) is 0 Å². The zero-order valence-electron chi connectivity index (χ0n) is 6.16. The molecule has 54 valence electrons. The van der Waals surface area contributed by atoms with Crippen LogP contribution in [-0.2, 0) is 4.74 Å². The molecule has 2 heteroatoms. The van der Waals surface area contributed by atoms with Crippen LogP contribution in [0.15, 0.2) is 0 Å². The molecule has 0 aromatic carbocycles. The summed E-state index contributed by atoms with van der Waals surface area (Å²) < 4.78 is 5.09. The minimum absolute atomic E-state index is 0.116. The Morgan fingerprint density at radius 1 is 1.44 bits per heavy atom. The van der Waals surface area contributed by atoms with Crippen molar-refractivity contribution in [3.8, 4) is 0 Å². The monoisotopic (exact) mass is 130 g/mol. The molecular formula is C7H14O2. The number of ether oxygens (including phenoxy) is 1. The minimum atomic E-state index is -0.264. The van der Waals surface area contributed by atoms with Crippen LogP contribution < -0.4 is 0 Å². The highest BCUT2D eigenvalue weighted by Gasteiger charge is 2.41. The van der Waals surface area contributed by atoms with E-state index >= 15 is 0 Å². The van der Waals surface area contributed by atoms with Gasteiger partial charge in [-0.25, -0.2) is 0 Å². The lowest BCUT2D eigenvalue weighted by Gasteiger charge is -2.09. The molecule has 0 aromatic heterocycles. The SMILES string of the molecule is CC(C)[C@H](O)[C@H]1O[C@@H]1C. The first-order valence-corrected chi connectivity index (χ1v) is 3.46. The van der Waals surface area contributed by atoms with Crippen LogP contribution in [0.4, 0.5) is 0 Å². The molecular weight excluding hydrogens is 116 g/mol. The highest BCUT2D eigenvalue weighted by molar-refractivity contribution is 4.88. The Labute approximate surface area is 55.8 Å². The first kappa shape index (κ1) is 7.03. The zero-order chi connectivity index (χ0) is 7.02. The second-order valence-corrected chi connectivity index (χ2v) is 3.04. The fourth-order valence-corrected chi connectivity index (χ4v) is 0.940. The summed E-state index contributed by atoms with van der Waals surface area (Å²) >= 11 is 0. The summed E-state index contributed by atoms with van der Waals surface area (Å²) in [5.74, 6) is 0.319. The average molecular weight is 130 g/mol. The van der Waals surface area contributed by atoms with Gasteiger partial charge in [-0.3, -0.25) is 0 Å². The number of hydrogen-bond acceptors (Lipinski definition) is 2. The number of aliphatic hydroxyl groups is 1. The summed E-state index contributed by atoms with van der Waals surface area (Å²) in [5, 5.41) is 9.31. The minimum Gasteiger partial charge on any atom is -0.390 e. The molecule has 0 radical (unpaired) electrons. The lowest BCUT2D eigenvalue weighted by Crippen LogP contribution is -2.22. The van der Waals surface area contributed by atoms with Crippen LogP contribution in [-0.4, -0.2) is 23.4 Å². The Morgan fingerprint density at radius 3 is 2.00 bits per heavy atom. The third-order valence-corrected chi connectivity index (χ3v) is 1.78. The van der Waals surface area contributed by atoms with E-state index in [9.17, 15) is 5.11 Å². The summed E-state index contributed by atoms with van der Waals surface area (Å²) in [7, 11) is 0. The van der Waals surface area contributed by atoms with Crippen molar-refractivity contribution in [2.45, 2.75) is 39.1 Å². The van der Waals surface area contributed by atoms with Crippen LogP contribution in [0.5, 0.6) is 0 Å². The zero-order valence-corrected chi connectivity index (χ0v) is 6.16. The first-order chi connectivity index (χ1) is 4.13. The van der Waals surface area contributed by atoms with E-state index in [1.54, 1.807) is 0 Å². The molecule has 1 aliphatic rings. The van der Waals surface area contributed by atoms with E-state index in [4.69, 9.17) is 4.74 Å². The molecule has 2 nitrogen and oxygen atoms in total. The van der Waals surface area contributed by atoms with Crippen LogP contribution in [0.3, 0.4) is 0 Å². The molecule has 0 bridgehead atoms. The van der Waals surface area contributed by atoms with Crippen molar-refractivity contribution in [1.82, 2.24) is 0 Å². The highest BCUT2D eigenvalue weighted by Crippen LogP contribution is 2.27. The predicted octanol–water partition coefficient (Wildman–Crippen LogP) is 0.791. The molecule has 1 aliphatic heterocycles. The highest BCUT2D eigenvalue weighted by atomic mass is 16.6. The second kappa shape index (κ2) is 2.27. The summed E-state index contributed by atoms with van der Waals surface area (Å²) in [6.45, 7) is 5.98. The fraction of sp³-hybridized carbons (Fsp3) is 1.00. The van der Waals surface area contributed by atoms with Crippen LogP contribution in [0.1, 0.15) is 20.8 Å². The van der Waals surface area contributed by atoms with Gasteiger partial charge in [0.15, 0.2) is 0 Å². The average Bonchev–Trinajstić information content (AvgIpc) is 2.44. The molecule has 1 saturated heterocycles. The first-order valence-electron chi connectivity index (χ1n) is 3.46. The molecule has 9 heavy (non-hydrogen) atoms. The van der Waals surface area contributed by atoms with Gasteiger partial charge in [-0.2, -0.15) is 0 Å². The lowest BCUT2D eigenvalue weighted by atomic mass is 10.0. The Morgan fingerprint density at radius 2 is 1.89 bits per heavy atom. The molecule has 0 amide bonds. The van der Waals surface area contributed by atoms with Gasteiger partial charge in [0, 0.05) is 0 Å². The number of aliphatic hydroxyl groups excluding tert-OH is 1. The van der Waals surface area contributed by atoms with Gasteiger partial charge in [0.2, 0.25) is 0 Å². The number of hydrogen-bond donors (Lipinski definition) is 1. The third kappa shape index (κ3) is 1.43. The standard InChI is InChI=1S/C7H14O2/c1-4(2)6(8)7-5(3)9-7/h4-8H,1-3H3/t5-,6+,7+/m1/s1. The topological polar surface area (TPSA) is 32.8 Å². The molecule has 0 spiro atoms. The summed E-state index contributed by atoms with van der Waals surface area (Å²) in [6, 6.07) is 0. The van der Waals surface area contributed by atoms with Crippen LogP contribution >= 0.6 is 0 Å². The Hall–Kier alpha value is -0.0800. The van der Waals surface area contributed by atoms with E-state index in [1.165, 1.54) is 0 Å². The van der Waals surface area contributed by atoms with E-state index < -0.39 is 0 Å². The van der Waals surface area contributed by atoms with Crippen molar-refractivity contribution in [2.24, 2.45) is 5.92 Å². The molecule has 0 aliphatic carbocycles. The van der Waals surface area contributed by atoms with Gasteiger partial charge in [-0.15, -0.1) is 0 Å². The molecule has 3 atom stereocenters. The van der Waals surface area contributed by atoms with Gasteiger partial charge in [0.1, 0.15) is 6.10 Å². The number of epoxide rings is 1. The quantitative estimate of drug-likeness (QED) is 0.560. The molecule has 0 unspecified atom stereocenters.